The molecule has 1 atom stereocenters. The van der Waals surface area contributed by atoms with Gasteiger partial charge in [-0.05, 0) is 37.8 Å². The highest BCUT2D eigenvalue weighted by atomic mass is 16.5. The number of rotatable bonds is 7. The lowest BCUT2D eigenvalue weighted by molar-refractivity contribution is -0.119. The van der Waals surface area contributed by atoms with E-state index in [4.69, 9.17) is 15.2 Å². The highest BCUT2D eigenvalue weighted by molar-refractivity contribution is 6.06. The Morgan fingerprint density at radius 1 is 1.30 bits per heavy atom. The Morgan fingerprint density at radius 3 is 2.77 bits per heavy atom. The molecule has 1 aliphatic rings. The maximum Gasteiger partial charge on any atom is 0.252 e. The molecule has 0 aliphatic carbocycles. The lowest BCUT2D eigenvalue weighted by Gasteiger charge is -2.17. The Hall–Kier alpha value is -3.62. The first kappa shape index (κ1) is 19.7. The van der Waals surface area contributed by atoms with Gasteiger partial charge in [-0.3, -0.25) is 14.7 Å². The fraction of sp³-hybridized carbons (Fsp3) is 0.333. The van der Waals surface area contributed by atoms with Crippen molar-refractivity contribution in [1.29, 1.82) is 0 Å². The topological polar surface area (TPSA) is 132 Å². The summed E-state index contributed by atoms with van der Waals surface area (Å²) in [5.41, 5.74) is 7.49. The predicted octanol–water partition coefficient (Wildman–Crippen LogP) is 2.17. The van der Waals surface area contributed by atoms with Crippen LogP contribution in [0.5, 0.6) is 11.6 Å². The first-order chi connectivity index (χ1) is 14.4. The molecule has 0 saturated carbocycles. The van der Waals surface area contributed by atoms with Crippen molar-refractivity contribution < 1.29 is 19.1 Å². The van der Waals surface area contributed by atoms with Crippen LogP contribution in [0.4, 0.5) is 0 Å². The molecule has 9 nitrogen and oxygen atoms in total. The van der Waals surface area contributed by atoms with Gasteiger partial charge < -0.3 is 20.5 Å². The summed E-state index contributed by atoms with van der Waals surface area (Å²) in [5.74, 6) is 0.201. The molecule has 3 heterocycles. The molecule has 2 aromatic heterocycles. The Morgan fingerprint density at radius 2 is 2.13 bits per heavy atom. The molecule has 9 heteroatoms. The summed E-state index contributed by atoms with van der Waals surface area (Å²) in [6.07, 6.45) is 6.15. The SMILES string of the molecule is CC(C)Oc1cc2c(OC[C@@H]3CCC(=O)N3)ncc(-c3cn[nH]c3)c2cc1C(N)=O. The lowest BCUT2D eigenvalue weighted by atomic mass is 9.99. The number of aromatic nitrogens is 3. The zero-order chi connectivity index (χ0) is 21.3. The summed E-state index contributed by atoms with van der Waals surface area (Å²) in [4.78, 5) is 28.0. The number of H-pyrrole nitrogens is 1. The molecule has 2 amide bonds. The van der Waals surface area contributed by atoms with Crippen LogP contribution in [-0.4, -0.2) is 45.7 Å². The molecule has 1 saturated heterocycles. The number of hydrogen-bond acceptors (Lipinski definition) is 6. The third-order valence-corrected chi connectivity index (χ3v) is 4.89. The number of nitrogens with one attached hydrogen (secondary N) is 2. The Labute approximate surface area is 173 Å². The van der Waals surface area contributed by atoms with Crippen LogP contribution in [0, 0.1) is 0 Å². The van der Waals surface area contributed by atoms with Crippen molar-refractivity contribution in [3.05, 3.63) is 36.3 Å². The van der Waals surface area contributed by atoms with Crippen molar-refractivity contribution in [3.8, 4) is 22.8 Å². The molecular formula is C21H23N5O4. The Balaban J connectivity index is 1.82. The van der Waals surface area contributed by atoms with E-state index in [1.54, 1.807) is 30.7 Å². The van der Waals surface area contributed by atoms with Gasteiger partial charge in [0.05, 0.1) is 23.9 Å². The second kappa shape index (κ2) is 8.02. The number of hydrogen-bond donors (Lipinski definition) is 3. The summed E-state index contributed by atoms with van der Waals surface area (Å²) < 4.78 is 11.8. The van der Waals surface area contributed by atoms with Crippen molar-refractivity contribution in [2.75, 3.05) is 6.61 Å². The monoisotopic (exact) mass is 409 g/mol. The van der Waals surface area contributed by atoms with Crippen molar-refractivity contribution in [3.63, 3.8) is 0 Å². The Kier molecular flexibility index (Phi) is 5.26. The maximum atomic E-state index is 12.1. The number of carbonyl (C=O) groups is 2. The third-order valence-electron chi connectivity index (χ3n) is 4.89. The largest absolute Gasteiger partial charge is 0.490 e. The molecule has 4 N–H and O–H groups in total. The number of ether oxygens (including phenoxy) is 2. The molecule has 3 aromatic rings. The summed E-state index contributed by atoms with van der Waals surface area (Å²) >= 11 is 0. The summed E-state index contributed by atoms with van der Waals surface area (Å²) in [7, 11) is 0. The average Bonchev–Trinajstić information content (AvgIpc) is 3.36. The van der Waals surface area contributed by atoms with Gasteiger partial charge in [0.2, 0.25) is 11.8 Å². The molecule has 156 valence electrons. The van der Waals surface area contributed by atoms with Gasteiger partial charge in [0.25, 0.3) is 5.91 Å². The third kappa shape index (κ3) is 3.91. The van der Waals surface area contributed by atoms with E-state index >= 15 is 0 Å². The number of nitrogens with zero attached hydrogens (tertiary/aromatic N) is 2. The van der Waals surface area contributed by atoms with E-state index < -0.39 is 5.91 Å². The number of carbonyl (C=O) groups excluding carboxylic acids is 2. The van der Waals surface area contributed by atoms with Gasteiger partial charge in [-0.2, -0.15) is 5.10 Å². The smallest absolute Gasteiger partial charge is 0.252 e. The molecule has 0 bridgehead atoms. The lowest BCUT2D eigenvalue weighted by Crippen LogP contribution is -2.31. The van der Waals surface area contributed by atoms with Crippen molar-refractivity contribution >= 4 is 22.6 Å². The predicted molar refractivity (Wildman–Crippen MR) is 110 cm³/mol. The summed E-state index contributed by atoms with van der Waals surface area (Å²) in [6.45, 7) is 4.04. The first-order valence-corrected chi connectivity index (χ1v) is 9.77. The molecular weight excluding hydrogens is 386 g/mol. The number of nitrogens with two attached hydrogens (primary N) is 1. The molecule has 30 heavy (non-hydrogen) atoms. The number of primary amides is 1. The average molecular weight is 409 g/mol. The minimum Gasteiger partial charge on any atom is -0.490 e. The number of benzene rings is 1. The fourth-order valence-corrected chi connectivity index (χ4v) is 3.51. The molecule has 4 rings (SSSR count). The molecule has 0 spiro atoms. The second-order valence-electron chi connectivity index (χ2n) is 7.50. The molecule has 0 unspecified atom stereocenters. The van der Waals surface area contributed by atoms with Gasteiger partial charge in [-0.25, -0.2) is 4.98 Å². The van der Waals surface area contributed by atoms with Crippen LogP contribution >= 0.6 is 0 Å². The number of amides is 2. The van der Waals surface area contributed by atoms with E-state index in [1.165, 1.54) is 0 Å². The van der Waals surface area contributed by atoms with Gasteiger partial charge >= 0.3 is 0 Å². The van der Waals surface area contributed by atoms with E-state index in [9.17, 15) is 9.59 Å². The van der Waals surface area contributed by atoms with E-state index in [0.29, 0.717) is 30.0 Å². The minimum absolute atomic E-state index is 0.0236. The number of pyridine rings is 1. The Bertz CT molecular complexity index is 1090. The quantitative estimate of drug-likeness (QED) is 0.548. The van der Waals surface area contributed by atoms with E-state index in [-0.39, 0.29) is 23.6 Å². The van der Waals surface area contributed by atoms with Crippen LogP contribution < -0.4 is 20.5 Å². The van der Waals surface area contributed by atoms with Gasteiger partial charge in [-0.1, -0.05) is 0 Å². The standard InChI is InChI=1S/C21H23N5O4/c1-11(2)30-18-6-15-14(5-16(18)20(22)28)17(12-7-24-25-8-12)9-23-21(15)29-10-13-3-4-19(27)26-13/h5-9,11,13H,3-4,10H2,1-2H3,(H2,22,28)(H,24,25)(H,26,27)/t13-/m0/s1. The number of aromatic amines is 1. The second-order valence-corrected chi connectivity index (χ2v) is 7.50. The molecule has 0 radical (unpaired) electrons. The van der Waals surface area contributed by atoms with Gasteiger partial charge in [0.1, 0.15) is 12.4 Å². The van der Waals surface area contributed by atoms with Crippen LogP contribution in [-0.2, 0) is 4.79 Å². The molecule has 1 aromatic carbocycles. The highest BCUT2D eigenvalue weighted by Crippen LogP contribution is 2.37. The van der Waals surface area contributed by atoms with Gasteiger partial charge in [-0.15, -0.1) is 0 Å². The normalized spacial score (nSPS) is 16.1. The fourth-order valence-electron chi connectivity index (χ4n) is 3.51. The summed E-state index contributed by atoms with van der Waals surface area (Å²) in [6, 6.07) is 3.37. The van der Waals surface area contributed by atoms with Crippen molar-refractivity contribution in [2.45, 2.75) is 38.8 Å². The van der Waals surface area contributed by atoms with Crippen molar-refractivity contribution in [1.82, 2.24) is 20.5 Å². The van der Waals surface area contributed by atoms with Crippen molar-refractivity contribution in [2.24, 2.45) is 5.73 Å². The first-order valence-electron chi connectivity index (χ1n) is 9.77. The van der Waals surface area contributed by atoms with Crippen LogP contribution in [0.25, 0.3) is 21.9 Å². The van der Waals surface area contributed by atoms with E-state index in [1.807, 2.05) is 13.8 Å². The zero-order valence-corrected chi connectivity index (χ0v) is 16.8. The van der Waals surface area contributed by atoms with E-state index in [0.717, 1.165) is 22.9 Å². The van der Waals surface area contributed by atoms with Crippen LogP contribution in [0.3, 0.4) is 0 Å². The zero-order valence-electron chi connectivity index (χ0n) is 16.8. The molecule has 1 fully saturated rings. The molecule has 1 aliphatic heterocycles. The van der Waals surface area contributed by atoms with Gasteiger partial charge in [0, 0.05) is 35.3 Å². The number of fused-ring (bicyclic) bond motifs is 1. The van der Waals surface area contributed by atoms with Crippen LogP contribution in [0.15, 0.2) is 30.7 Å². The van der Waals surface area contributed by atoms with Gasteiger partial charge in [0.15, 0.2) is 0 Å². The summed E-state index contributed by atoms with van der Waals surface area (Å²) in [5, 5.41) is 11.1. The maximum absolute atomic E-state index is 12.1. The van der Waals surface area contributed by atoms with Crippen LogP contribution in [0.1, 0.15) is 37.0 Å². The van der Waals surface area contributed by atoms with E-state index in [2.05, 4.69) is 20.5 Å². The van der Waals surface area contributed by atoms with Crippen LogP contribution in [0.2, 0.25) is 0 Å². The minimum atomic E-state index is -0.585. The highest BCUT2D eigenvalue weighted by Gasteiger charge is 2.23.